The van der Waals surface area contributed by atoms with Crippen molar-refractivity contribution >= 4 is 15.9 Å². The van der Waals surface area contributed by atoms with Crippen LogP contribution in [0.4, 0.5) is 0 Å². The Morgan fingerprint density at radius 3 is 2.07 bits per heavy atom. The minimum atomic E-state index is 0.787. The van der Waals surface area contributed by atoms with Gasteiger partial charge in [-0.05, 0) is 38.1 Å². The molecular formula is C13H28BrN. The Hall–Kier alpha value is 0.440. The van der Waals surface area contributed by atoms with Crippen molar-refractivity contribution in [1.82, 2.24) is 4.90 Å². The Labute approximate surface area is 105 Å². The monoisotopic (exact) mass is 277 g/mol. The van der Waals surface area contributed by atoms with E-state index in [1.165, 1.54) is 38.8 Å². The number of nitrogens with zero attached hydrogens (tertiary/aromatic N) is 1. The number of halogens is 1. The van der Waals surface area contributed by atoms with Crippen molar-refractivity contribution in [2.75, 3.05) is 18.4 Å². The fourth-order valence-electron chi connectivity index (χ4n) is 2.09. The highest BCUT2D eigenvalue weighted by molar-refractivity contribution is 9.09. The minimum absolute atomic E-state index is 0.787. The maximum Gasteiger partial charge on any atom is 0.0159 e. The van der Waals surface area contributed by atoms with Crippen LogP contribution in [0.25, 0.3) is 0 Å². The maximum atomic E-state index is 3.56. The Balaban J connectivity index is 3.91. The predicted molar refractivity (Wildman–Crippen MR) is 73.8 cm³/mol. The van der Waals surface area contributed by atoms with E-state index in [1.807, 2.05) is 0 Å². The Morgan fingerprint density at radius 2 is 1.67 bits per heavy atom. The highest BCUT2D eigenvalue weighted by Gasteiger charge is 2.13. The molecule has 0 aromatic heterocycles. The fourth-order valence-corrected chi connectivity index (χ4v) is 2.55. The van der Waals surface area contributed by atoms with Gasteiger partial charge in [-0.15, -0.1) is 0 Å². The van der Waals surface area contributed by atoms with Crippen molar-refractivity contribution in [3.63, 3.8) is 0 Å². The van der Waals surface area contributed by atoms with Crippen LogP contribution in [0, 0.1) is 5.92 Å². The van der Waals surface area contributed by atoms with Crippen LogP contribution in [0.3, 0.4) is 0 Å². The highest BCUT2D eigenvalue weighted by atomic mass is 79.9. The molecule has 0 heterocycles. The van der Waals surface area contributed by atoms with Crippen LogP contribution in [-0.4, -0.2) is 29.4 Å². The van der Waals surface area contributed by atoms with Gasteiger partial charge in [0.25, 0.3) is 0 Å². The largest absolute Gasteiger partial charge is 0.300 e. The molecule has 0 N–H and O–H groups in total. The summed E-state index contributed by atoms with van der Waals surface area (Å²) in [5, 5.41) is 1.10. The number of rotatable bonds is 9. The van der Waals surface area contributed by atoms with Crippen LogP contribution < -0.4 is 0 Å². The van der Waals surface area contributed by atoms with E-state index in [0.717, 1.165) is 17.3 Å². The third-order valence-corrected chi connectivity index (χ3v) is 3.41. The maximum absolute atomic E-state index is 3.56. The molecule has 15 heavy (non-hydrogen) atoms. The second kappa shape index (κ2) is 9.65. The number of hydrogen-bond acceptors (Lipinski definition) is 1. The van der Waals surface area contributed by atoms with Crippen molar-refractivity contribution < 1.29 is 0 Å². The molecule has 92 valence electrons. The van der Waals surface area contributed by atoms with E-state index < -0.39 is 0 Å². The van der Waals surface area contributed by atoms with Crippen LogP contribution in [0.2, 0.25) is 0 Å². The molecule has 0 rings (SSSR count). The Morgan fingerprint density at radius 1 is 1.07 bits per heavy atom. The van der Waals surface area contributed by atoms with E-state index in [1.54, 1.807) is 0 Å². The molecular weight excluding hydrogens is 250 g/mol. The van der Waals surface area contributed by atoms with E-state index in [9.17, 15) is 0 Å². The molecule has 0 fully saturated rings. The molecule has 0 aromatic rings. The fraction of sp³-hybridized carbons (Fsp3) is 1.00. The molecule has 0 spiro atoms. The molecule has 0 unspecified atom stereocenters. The molecule has 1 nitrogen and oxygen atoms in total. The molecule has 0 amide bonds. The zero-order valence-electron chi connectivity index (χ0n) is 10.9. The van der Waals surface area contributed by atoms with E-state index in [0.29, 0.717) is 0 Å². The Kier molecular flexibility index (Phi) is 9.93. The third-order valence-electron chi connectivity index (χ3n) is 3.06. The van der Waals surface area contributed by atoms with Crippen LogP contribution >= 0.6 is 15.9 Å². The quantitative estimate of drug-likeness (QED) is 0.568. The summed E-state index contributed by atoms with van der Waals surface area (Å²) in [7, 11) is 0. The normalized spacial score (nSPS) is 12.0. The molecule has 0 aliphatic rings. The molecule has 2 heteroatoms. The first-order valence-electron chi connectivity index (χ1n) is 6.45. The van der Waals surface area contributed by atoms with Crippen molar-refractivity contribution in [3.8, 4) is 0 Å². The van der Waals surface area contributed by atoms with E-state index >= 15 is 0 Å². The van der Waals surface area contributed by atoms with E-state index in [-0.39, 0.29) is 0 Å². The first-order valence-corrected chi connectivity index (χ1v) is 7.57. The van der Waals surface area contributed by atoms with Crippen molar-refractivity contribution in [2.45, 2.75) is 59.4 Å². The topological polar surface area (TPSA) is 3.24 Å². The smallest absolute Gasteiger partial charge is 0.0159 e. The van der Waals surface area contributed by atoms with Gasteiger partial charge in [0.2, 0.25) is 0 Å². The van der Waals surface area contributed by atoms with Gasteiger partial charge >= 0.3 is 0 Å². The first kappa shape index (κ1) is 15.4. The van der Waals surface area contributed by atoms with E-state index in [4.69, 9.17) is 0 Å². The van der Waals surface area contributed by atoms with Gasteiger partial charge in [0.05, 0.1) is 0 Å². The zero-order valence-corrected chi connectivity index (χ0v) is 12.5. The molecule has 0 bridgehead atoms. The molecule has 0 aliphatic carbocycles. The minimum Gasteiger partial charge on any atom is -0.300 e. The van der Waals surface area contributed by atoms with Gasteiger partial charge in [-0.3, -0.25) is 4.90 Å². The van der Waals surface area contributed by atoms with Gasteiger partial charge < -0.3 is 0 Å². The molecule has 0 aromatic carbocycles. The lowest BCUT2D eigenvalue weighted by Crippen LogP contribution is -2.36. The van der Waals surface area contributed by atoms with Gasteiger partial charge in [-0.2, -0.15) is 0 Å². The lowest BCUT2D eigenvalue weighted by Gasteiger charge is -2.30. The lowest BCUT2D eigenvalue weighted by molar-refractivity contribution is 0.191. The Bertz CT molecular complexity index is 132. The van der Waals surface area contributed by atoms with Gasteiger partial charge in [-0.1, -0.05) is 43.6 Å². The van der Waals surface area contributed by atoms with Crippen LogP contribution in [0.5, 0.6) is 0 Å². The van der Waals surface area contributed by atoms with Crippen molar-refractivity contribution in [3.05, 3.63) is 0 Å². The van der Waals surface area contributed by atoms with Gasteiger partial charge in [-0.25, -0.2) is 0 Å². The van der Waals surface area contributed by atoms with E-state index in [2.05, 4.69) is 48.5 Å². The highest BCUT2D eigenvalue weighted by Crippen LogP contribution is 2.12. The second-order valence-electron chi connectivity index (χ2n) is 4.73. The zero-order chi connectivity index (χ0) is 11.7. The van der Waals surface area contributed by atoms with Gasteiger partial charge in [0, 0.05) is 17.9 Å². The summed E-state index contributed by atoms with van der Waals surface area (Å²) in [5.41, 5.74) is 0. The average Bonchev–Trinajstić information content (AvgIpc) is 2.19. The van der Waals surface area contributed by atoms with Crippen LogP contribution in [0.1, 0.15) is 53.4 Å². The first-order chi connectivity index (χ1) is 7.15. The van der Waals surface area contributed by atoms with Crippen molar-refractivity contribution in [1.29, 1.82) is 0 Å². The predicted octanol–water partition coefficient (Wildman–Crippen LogP) is 4.31. The third kappa shape index (κ3) is 7.35. The summed E-state index contributed by atoms with van der Waals surface area (Å²) >= 11 is 3.56. The summed E-state index contributed by atoms with van der Waals surface area (Å²) < 4.78 is 0. The summed E-state index contributed by atoms with van der Waals surface area (Å²) in [6.07, 6.45) is 5.27. The summed E-state index contributed by atoms with van der Waals surface area (Å²) in [6.45, 7) is 11.7. The van der Waals surface area contributed by atoms with Crippen LogP contribution in [0.15, 0.2) is 0 Å². The SMILES string of the molecule is CCC(CC)N(CCBr)CCCC(C)C. The molecule has 0 saturated heterocycles. The molecule has 0 saturated carbocycles. The average molecular weight is 278 g/mol. The number of hydrogen-bond donors (Lipinski definition) is 0. The summed E-state index contributed by atoms with van der Waals surface area (Å²) in [6, 6.07) is 0.787. The molecule has 0 atom stereocenters. The summed E-state index contributed by atoms with van der Waals surface area (Å²) in [5.74, 6) is 0.845. The number of alkyl halides is 1. The van der Waals surface area contributed by atoms with Gasteiger partial charge in [0.1, 0.15) is 0 Å². The second-order valence-corrected chi connectivity index (χ2v) is 5.52. The molecule has 0 aliphatic heterocycles. The van der Waals surface area contributed by atoms with Crippen LogP contribution in [-0.2, 0) is 0 Å². The van der Waals surface area contributed by atoms with Gasteiger partial charge in [0.15, 0.2) is 0 Å². The molecule has 0 radical (unpaired) electrons. The summed E-state index contributed by atoms with van der Waals surface area (Å²) in [4.78, 5) is 2.65. The van der Waals surface area contributed by atoms with Crippen molar-refractivity contribution in [2.24, 2.45) is 5.92 Å². The lowest BCUT2D eigenvalue weighted by atomic mass is 10.1. The standard InChI is InChI=1S/C13H28BrN/c1-5-13(6-2)15(11-9-14)10-7-8-12(3)4/h12-13H,5-11H2,1-4H3.